The molecule has 0 radical (unpaired) electrons. The second-order valence-corrected chi connectivity index (χ2v) is 5.24. The summed E-state index contributed by atoms with van der Waals surface area (Å²) in [4.78, 5) is 23.9. The molecule has 6 heteroatoms. The molecular weight excluding hydrogens is 338 g/mol. The van der Waals surface area contributed by atoms with Crippen LogP contribution in [0.1, 0.15) is 22.0 Å². The van der Waals surface area contributed by atoms with Gasteiger partial charge in [-0.2, -0.15) is 0 Å². The van der Waals surface area contributed by atoms with E-state index in [9.17, 15) is 14.7 Å². The molecule has 0 aliphatic heterocycles. The number of pyridine rings is 1. The largest absolute Gasteiger partial charge is 0.465 e. The number of nitrogens with zero attached hydrogens (tertiary/aromatic N) is 1. The number of aliphatic hydroxyl groups excluding tert-OH is 1. The molecule has 0 spiro atoms. The van der Waals surface area contributed by atoms with Gasteiger partial charge in [0, 0.05) is 6.20 Å². The molecule has 2 rings (SSSR count). The smallest absolute Gasteiger partial charge is 0.339 e. The predicted molar refractivity (Wildman–Crippen MR) is 81.4 cm³/mol. The highest BCUT2D eigenvalue weighted by molar-refractivity contribution is 9.10. The van der Waals surface area contributed by atoms with E-state index < -0.39 is 12.0 Å². The topological polar surface area (TPSA) is 68.5 Å². The van der Waals surface area contributed by atoms with Gasteiger partial charge in [0.15, 0.2) is 0 Å². The number of aromatic nitrogens is 1. The minimum absolute atomic E-state index is 0.235. The molecule has 0 aliphatic carbocycles. The number of aliphatic hydroxyl groups is 1. The van der Waals surface area contributed by atoms with Crippen LogP contribution in [0.3, 0.4) is 0 Å². The van der Waals surface area contributed by atoms with Gasteiger partial charge in [0.2, 0.25) is 0 Å². The molecular formula is C15H14BrNO4. The Kier molecular flexibility index (Phi) is 4.93. The third kappa shape index (κ3) is 3.22. The second kappa shape index (κ2) is 6.69. The standard InChI is InChI=1S/C15H14BrNO4/c1-21-15(20)11-7-12(16)14(19)17(8-11)13(9-18)10-5-3-2-4-6-10/h2-8,13,18H,9H2,1H3. The molecule has 110 valence electrons. The zero-order valence-electron chi connectivity index (χ0n) is 11.3. The van der Waals surface area contributed by atoms with E-state index in [1.165, 1.54) is 23.9 Å². The van der Waals surface area contributed by atoms with Gasteiger partial charge in [-0.1, -0.05) is 30.3 Å². The van der Waals surface area contributed by atoms with Gasteiger partial charge in [-0.3, -0.25) is 4.79 Å². The van der Waals surface area contributed by atoms with Gasteiger partial charge < -0.3 is 14.4 Å². The number of carbonyl (C=O) groups is 1. The van der Waals surface area contributed by atoms with E-state index in [0.29, 0.717) is 0 Å². The van der Waals surface area contributed by atoms with Crippen LogP contribution in [0.2, 0.25) is 0 Å². The van der Waals surface area contributed by atoms with Crippen LogP contribution in [0.15, 0.2) is 51.9 Å². The quantitative estimate of drug-likeness (QED) is 0.855. The number of hydrogen-bond acceptors (Lipinski definition) is 4. The van der Waals surface area contributed by atoms with E-state index >= 15 is 0 Å². The van der Waals surface area contributed by atoms with E-state index in [2.05, 4.69) is 20.7 Å². The summed E-state index contributed by atoms with van der Waals surface area (Å²) < 4.78 is 6.23. The summed E-state index contributed by atoms with van der Waals surface area (Å²) in [6.07, 6.45) is 1.40. The third-order valence-corrected chi connectivity index (χ3v) is 3.68. The van der Waals surface area contributed by atoms with Crippen LogP contribution in [0.4, 0.5) is 0 Å². The van der Waals surface area contributed by atoms with Gasteiger partial charge in [0.1, 0.15) is 0 Å². The maximum atomic E-state index is 12.3. The monoisotopic (exact) mass is 351 g/mol. The number of methoxy groups -OCH3 is 1. The summed E-state index contributed by atoms with van der Waals surface area (Å²) >= 11 is 3.14. The number of esters is 1. The summed E-state index contributed by atoms with van der Waals surface area (Å²) in [6, 6.07) is 9.95. The second-order valence-electron chi connectivity index (χ2n) is 4.39. The molecule has 1 atom stereocenters. The highest BCUT2D eigenvalue weighted by atomic mass is 79.9. The van der Waals surface area contributed by atoms with Crippen LogP contribution in [0.25, 0.3) is 0 Å². The van der Waals surface area contributed by atoms with Gasteiger partial charge >= 0.3 is 5.97 Å². The van der Waals surface area contributed by atoms with Crippen molar-refractivity contribution < 1.29 is 14.6 Å². The lowest BCUT2D eigenvalue weighted by Crippen LogP contribution is -2.29. The number of halogens is 1. The Bertz CT molecular complexity index is 697. The third-order valence-electron chi connectivity index (χ3n) is 3.11. The molecule has 1 N–H and O–H groups in total. The van der Waals surface area contributed by atoms with Crippen molar-refractivity contribution in [2.75, 3.05) is 13.7 Å². The fourth-order valence-corrected chi connectivity index (χ4v) is 2.51. The van der Waals surface area contributed by atoms with Crippen LogP contribution in [-0.4, -0.2) is 29.4 Å². The molecule has 0 aliphatic rings. The first-order valence-electron chi connectivity index (χ1n) is 6.24. The highest BCUT2D eigenvalue weighted by Gasteiger charge is 2.18. The molecule has 0 fully saturated rings. The lowest BCUT2D eigenvalue weighted by Gasteiger charge is -2.19. The number of hydrogen-bond donors (Lipinski definition) is 1. The normalized spacial score (nSPS) is 12.0. The van der Waals surface area contributed by atoms with Crippen molar-refractivity contribution in [1.29, 1.82) is 0 Å². The Hall–Kier alpha value is -1.92. The molecule has 1 unspecified atom stereocenters. The van der Waals surface area contributed by atoms with E-state index in [-0.39, 0.29) is 22.2 Å². The van der Waals surface area contributed by atoms with Crippen molar-refractivity contribution in [3.8, 4) is 0 Å². The van der Waals surface area contributed by atoms with Crippen LogP contribution >= 0.6 is 15.9 Å². The lowest BCUT2D eigenvalue weighted by molar-refractivity contribution is 0.0599. The first kappa shape index (κ1) is 15.5. The molecule has 5 nitrogen and oxygen atoms in total. The molecule has 0 amide bonds. The fraction of sp³-hybridized carbons (Fsp3) is 0.200. The Morgan fingerprint density at radius 1 is 1.38 bits per heavy atom. The molecule has 0 saturated carbocycles. The van der Waals surface area contributed by atoms with E-state index in [4.69, 9.17) is 0 Å². The lowest BCUT2D eigenvalue weighted by atomic mass is 10.1. The van der Waals surface area contributed by atoms with Crippen LogP contribution in [-0.2, 0) is 4.74 Å². The highest BCUT2D eigenvalue weighted by Crippen LogP contribution is 2.18. The number of carbonyl (C=O) groups excluding carboxylic acids is 1. The van der Waals surface area contributed by atoms with Gasteiger partial charge in [-0.15, -0.1) is 0 Å². The number of benzene rings is 1. The molecule has 1 heterocycles. The maximum absolute atomic E-state index is 12.3. The van der Waals surface area contributed by atoms with Gasteiger partial charge in [0.05, 0.1) is 29.8 Å². The number of ether oxygens (including phenoxy) is 1. The van der Waals surface area contributed by atoms with Crippen molar-refractivity contribution in [2.45, 2.75) is 6.04 Å². The van der Waals surface area contributed by atoms with Crippen molar-refractivity contribution in [3.63, 3.8) is 0 Å². The molecule has 1 aromatic carbocycles. The van der Waals surface area contributed by atoms with Gasteiger partial charge in [0.25, 0.3) is 5.56 Å². The Balaban J connectivity index is 2.58. The van der Waals surface area contributed by atoms with Crippen LogP contribution in [0.5, 0.6) is 0 Å². The zero-order valence-corrected chi connectivity index (χ0v) is 12.9. The van der Waals surface area contributed by atoms with E-state index in [1.807, 2.05) is 30.3 Å². The summed E-state index contributed by atoms with van der Waals surface area (Å²) in [7, 11) is 1.27. The van der Waals surface area contributed by atoms with E-state index in [0.717, 1.165) is 5.56 Å². The van der Waals surface area contributed by atoms with Crippen molar-refractivity contribution in [2.24, 2.45) is 0 Å². The fourth-order valence-electron chi connectivity index (χ4n) is 2.06. The first-order chi connectivity index (χ1) is 10.1. The predicted octanol–water partition coefficient (Wildman–Crippen LogP) is 1.98. The summed E-state index contributed by atoms with van der Waals surface area (Å²) in [5.74, 6) is -0.547. The minimum Gasteiger partial charge on any atom is -0.465 e. The van der Waals surface area contributed by atoms with Gasteiger partial charge in [-0.25, -0.2) is 4.79 Å². The summed E-state index contributed by atoms with van der Waals surface area (Å²) in [6.45, 7) is -0.263. The number of rotatable bonds is 4. The molecule has 21 heavy (non-hydrogen) atoms. The van der Waals surface area contributed by atoms with Crippen molar-refractivity contribution in [3.05, 3.63) is 68.5 Å². The van der Waals surface area contributed by atoms with Crippen LogP contribution in [0, 0.1) is 0 Å². The zero-order chi connectivity index (χ0) is 15.4. The average Bonchev–Trinajstić information content (AvgIpc) is 2.52. The average molecular weight is 352 g/mol. The Labute approximate surface area is 129 Å². The Morgan fingerprint density at radius 2 is 2.05 bits per heavy atom. The maximum Gasteiger partial charge on any atom is 0.339 e. The van der Waals surface area contributed by atoms with Gasteiger partial charge in [-0.05, 0) is 27.6 Å². The minimum atomic E-state index is -0.570. The SMILES string of the molecule is COC(=O)c1cc(Br)c(=O)n(C(CO)c2ccccc2)c1. The molecule has 0 saturated heterocycles. The molecule has 1 aromatic heterocycles. The van der Waals surface area contributed by atoms with E-state index in [1.54, 1.807) is 0 Å². The van der Waals surface area contributed by atoms with Crippen LogP contribution < -0.4 is 5.56 Å². The molecule has 2 aromatic rings. The summed E-state index contributed by atoms with van der Waals surface area (Å²) in [5.41, 5.74) is 0.680. The van der Waals surface area contributed by atoms with Crippen molar-refractivity contribution in [1.82, 2.24) is 4.57 Å². The Morgan fingerprint density at radius 3 is 2.62 bits per heavy atom. The summed E-state index contributed by atoms with van der Waals surface area (Å²) in [5, 5.41) is 9.64. The molecule has 0 bridgehead atoms. The first-order valence-corrected chi connectivity index (χ1v) is 7.03. The van der Waals surface area contributed by atoms with Crippen molar-refractivity contribution >= 4 is 21.9 Å².